The number of hydrogen-bond donors (Lipinski definition) is 0. The molecule has 0 fully saturated rings. The highest BCUT2D eigenvalue weighted by molar-refractivity contribution is 8.07. The van der Waals surface area contributed by atoms with Crippen molar-refractivity contribution < 1.29 is 13.6 Å². The molecule has 0 aromatic carbocycles. The van der Waals surface area contributed by atoms with Crippen LogP contribution in [0, 0.1) is 0 Å². The molecule has 0 aromatic rings. The molecule has 0 radical (unpaired) electrons. The van der Waals surface area contributed by atoms with Crippen LogP contribution in [0.3, 0.4) is 0 Å². The molecule has 0 aliphatic rings. The van der Waals surface area contributed by atoms with E-state index < -0.39 is 6.72 Å². The summed E-state index contributed by atoms with van der Waals surface area (Å²) in [4.78, 5) is 0. The molecule has 0 saturated carbocycles. The maximum absolute atomic E-state index is 6.03. The number of hydrogen-bond acceptors (Lipinski definition) is 4. The highest BCUT2D eigenvalue weighted by Crippen LogP contribution is 2.50. The van der Waals surface area contributed by atoms with Crippen molar-refractivity contribution >= 4 is 18.5 Å². The van der Waals surface area contributed by atoms with Crippen LogP contribution in [0.25, 0.3) is 0 Å². The van der Waals surface area contributed by atoms with Gasteiger partial charge in [-0.05, 0) is 24.6 Å². The van der Waals surface area contributed by atoms with Crippen molar-refractivity contribution in [2.75, 3.05) is 14.2 Å². The van der Waals surface area contributed by atoms with Crippen molar-refractivity contribution in [2.24, 2.45) is 0 Å². The second-order valence-corrected chi connectivity index (χ2v) is 9.12. The van der Waals surface area contributed by atoms with Gasteiger partial charge < -0.3 is 13.6 Å². The standard InChI is InChI=1S/C17H37O3PS/c1-5-7-9-11-13-15-17(16-14-12-10-8-6-2)20-21(22,18-3)19-4/h17H,5-16H2,1-4H3. The first-order valence-electron chi connectivity index (χ1n) is 9.01. The summed E-state index contributed by atoms with van der Waals surface area (Å²) in [5.41, 5.74) is 0. The molecule has 0 aliphatic carbocycles. The molecule has 0 amide bonds. The van der Waals surface area contributed by atoms with E-state index in [9.17, 15) is 0 Å². The van der Waals surface area contributed by atoms with Crippen LogP contribution >= 0.6 is 6.72 Å². The lowest BCUT2D eigenvalue weighted by Crippen LogP contribution is -2.13. The third-order valence-corrected chi connectivity index (χ3v) is 6.59. The number of unbranched alkanes of at least 4 members (excludes halogenated alkanes) is 8. The molecule has 3 nitrogen and oxygen atoms in total. The lowest BCUT2D eigenvalue weighted by atomic mass is 10.0. The average molecular weight is 353 g/mol. The lowest BCUT2D eigenvalue weighted by Gasteiger charge is -2.25. The van der Waals surface area contributed by atoms with E-state index in [4.69, 9.17) is 25.4 Å². The van der Waals surface area contributed by atoms with Crippen LogP contribution in [-0.2, 0) is 25.4 Å². The fourth-order valence-corrected chi connectivity index (χ4v) is 3.81. The van der Waals surface area contributed by atoms with Crippen LogP contribution < -0.4 is 0 Å². The molecule has 22 heavy (non-hydrogen) atoms. The van der Waals surface area contributed by atoms with E-state index in [1.165, 1.54) is 64.2 Å². The van der Waals surface area contributed by atoms with Crippen molar-refractivity contribution in [3.8, 4) is 0 Å². The van der Waals surface area contributed by atoms with Gasteiger partial charge in [0.15, 0.2) is 0 Å². The Hall–Kier alpha value is 0.530. The quantitative estimate of drug-likeness (QED) is 0.231. The van der Waals surface area contributed by atoms with E-state index in [0.29, 0.717) is 0 Å². The largest absolute Gasteiger partial charge is 0.326 e. The predicted molar refractivity (Wildman–Crippen MR) is 99.9 cm³/mol. The molecule has 0 aromatic heterocycles. The minimum atomic E-state index is -2.53. The first-order chi connectivity index (χ1) is 10.6. The minimum Gasteiger partial charge on any atom is -0.312 e. The molecular weight excluding hydrogens is 315 g/mol. The van der Waals surface area contributed by atoms with Gasteiger partial charge in [-0.1, -0.05) is 78.1 Å². The first kappa shape index (κ1) is 22.5. The van der Waals surface area contributed by atoms with Crippen LogP contribution in [0.1, 0.15) is 90.9 Å². The smallest absolute Gasteiger partial charge is 0.312 e. The van der Waals surface area contributed by atoms with E-state index >= 15 is 0 Å². The Morgan fingerprint density at radius 2 is 1.14 bits per heavy atom. The van der Waals surface area contributed by atoms with Gasteiger partial charge in [0.2, 0.25) is 0 Å². The van der Waals surface area contributed by atoms with Gasteiger partial charge in [-0.25, -0.2) is 0 Å². The van der Waals surface area contributed by atoms with Gasteiger partial charge in [-0.3, -0.25) is 0 Å². The van der Waals surface area contributed by atoms with Gasteiger partial charge in [0, 0.05) is 14.2 Å². The molecule has 134 valence electrons. The summed E-state index contributed by atoms with van der Waals surface area (Å²) in [5, 5.41) is 0. The van der Waals surface area contributed by atoms with Gasteiger partial charge in [0.05, 0.1) is 6.10 Å². The van der Waals surface area contributed by atoms with Gasteiger partial charge in [-0.15, -0.1) is 0 Å². The Kier molecular flexibility index (Phi) is 15.4. The second-order valence-electron chi connectivity index (χ2n) is 5.95. The molecular formula is C17H37O3PS. The summed E-state index contributed by atoms with van der Waals surface area (Å²) >= 11 is 5.37. The van der Waals surface area contributed by atoms with Crippen molar-refractivity contribution in [1.29, 1.82) is 0 Å². The van der Waals surface area contributed by atoms with Crippen molar-refractivity contribution in [1.82, 2.24) is 0 Å². The zero-order valence-corrected chi connectivity index (χ0v) is 16.9. The van der Waals surface area contributed by atoms with Crippen LogP contribution in [0.4, 0.5) is 0 Å². The first-order valence-corrected chi connectivity index (χ1v) is 11.6. The maximum atomic E-state index is 6.03. The normalized spacial score (nSPS) is 12.2. The predicted octanol–water partition coefficient (Wildman–Crippen LogP) is 6.61. The Morgan fingerprint density at radius 1 is 0.727 bits per heavy atom. The molecule has 0 heterocycles. The Balaban J connectivity index is 4.15. The van der Waals surface area contributed by atoms with E-state index in [1.807, 2.05) is 0 Å². The van der Waals surface area contributed by atoms with Crippen LogP contribution in [0.15, 0.2) is 0 Å². The van der Waals surface area contributed by atoms with E-state index in [-0.39, 0.29) is 6.10 Å². The van der Waals surface area contributed by atoms with Gasteiger partial charge >= 0.3 is 6.72 Å². The second kappa shape index (κ2) is 15.1. The summed E-state index contributed by atoms with van der Waals surface area (Å²) < 4.78 is 16.6. The fourth-order valence-electron chi connectivity index (χ4n) is 2.54. The zero-order chi connectivity index (χ0) is 16.7. The Bertz CT molecular complexity index is 265. The average Bonchev–Trinajstić information content (AvgIpc) is 2.54. The van der Waals surface area contributed by atoms with Gasteiger partial charge in [0.25, 0.3) is 0 Å². The third-order valence-electron chi connectivity index (χ3n) is 3.98. The van der Waals surface area contributed by atoms with Crippen LogP contribution in [0.2, 0.25) is 0 Å². The van der Waals surface area contributed by atoms with E-state index in [2.05, 4.69) is 13.8 Å². The Morgan fingerprint density at radius 3 is 1.50 bits per heavy atom. The lowest BCUT2D eigenvalue weighted by molar-refractivity contribution is 0.124. The minimum absolute atomic E-state index is 0.189. The molecule has 5 heteroatoms. The van der Waals surface area contributed by atoms with E-state index in [0.717, 1.165) is 12.8 Å². The number of rotatable bonds is 16. The third kappa shape index (κ3) is 12.0. The monoisotopic (exact) mass is 352 g/mol. The van der Waals surface area contributed by atoms with Crippen LogP contribution in [-0.4, -0.2) is 20.3 Å². The molecule has 0 N–H and O–H groups in total. The van der Waals surface area contributed by atoms with Gasteiger partial charge in [-0.2, -0.15) is 0 Å². The molecule has 0 aliphatic heterocycles. The van der Waals surface area contributed by atoms with Crippen molar-refractivity contribution in [3.63, 3.8) is 0 Å². The summed E-state index contributed by atoms with van der Waals surface area (Å²) in [7, 11) is 3.17. The van der Waals surface area contributed by atoms with E-state index in [1.54, 1.807) is 14.2 Å². The molecule has 0 spiro atoms. The summed E-state index contributed by atoms with van der Waals surface area (Å²) in [6.07, 6.45) is 15.2. The van der Waals surface area contributed by atoms with Crippen LogP contribution in [0.5, 0.6) is 0 Å². The highest BCUT2D eigenvalue weighted by Gasteiger charge is 2.22. The molecule has 0 saturated heterocycles. The Labute approximate surface area is 143 Å². The summed E-state index contributed by atoms with van der Waals surface area (Å²) in [6.45, 7) is 1.96. The molecule has 0 rings (SSSR count). The van der Waals surface area contributed by atoms with Crippen molar-refractivity contribution in [2.45, 2.75) is 97.0 Å². The zero-order valence-electron chi connectivity index (χ0n) is 15.1. The van der Waals surface area contributed by atoms with Crippen molar-refractivity contribution in [3.05, 3.63) is 0 Å². The highest BCUT2D eigenvalue weighted by atomic mass is 32.5. The SMILES string of the molecule is CCCCCCCC(CCCCCCC)OP(=S)(OC)OC. The maximum Gasteiger partial charge on any atom is 0.326 e. The van der Waals surface area contributed by atoms with Gasteiger partial charge in [0.1, 0.15) is 0 Å². The topological polar surface area (TPSA) is 27.7 Å². The molecule has 0 unspecified atom stereocenters. The summed E-state index contributed by atoms with van der Waals surface area (Å²) in [5.74, 6) is 0. The molecule has 0 atom stereocenters. The fraction of sp³-hybridized carbons (Fsp3) is 1.00. The molecule has 0 bridgehead atoms. The summed E-state index contributed by atoms with van der Waals surface area (Å²) in [6, 6.07) is 0.